The Morgan fingerprint density at radius 3 is 1.89 bits per heavy atom. The zero-order chi connectivity index (χ0) is 24.9. The van der Waals surface area contributed by atoms with Crippen LogP contribution in [0.3, 0.4) is 0 Å². The molecule has 5 heterocycles. The van der Waals surface area contributed by atoms with Crippen molar-refractivity contribution in [2.45, 2.75) is 18.9 Å². The molecule has 0 saturated carbocycles. The quantitative estimate of drug-likeness (QED) is 0.281. The zero-order valence-corrected chi connectivity index (χ0v) is 24.2. The molecule has 1 aliphatic heterocycles. The van der Waals surface area contributed by atoms with Crippen LogP contribution >= 0.6 is 22.7 Å². The van der Waals surface area contributed by atoms with Gasteiger partial charge in [0, 0.05) is 0 Å². The first-order valence-electron chi connectivity index (χ1n) is 11.6. The molecule has 1 fully saturated rings. The Bertz CT molecular complexity index is 1860. The Balaban J connectivity index is 1.02. The Kier molecular flexibility index (Phi) is 5.95. The van der Waals surface area contributed by atoms with E-state index < -0.39 is 0 Å². The van der Waals surface area contributed by atoms with Crippen LogP contribution in [0.4, 0.5) is 10.3 Å². The number of nitrogens with zero attached hydrogens (tertiary/aromatic N) is 7. The molecule has 186 valence electrons. The molecule has 2 aromatic carbocycles. The Labute approximate surface area is 229 Å². The van der Waals surface area contributed by atoms with E-state index in [1.807, 2.05) is 48.5 Å². The van der Waals surface area contributed by atoms with E-state index in [1.54, 1.807) is 7.12 Å². The molecule has 1 saturated heterocycles. The number of aromatic nitrogens is 6. The van der Waals surface area contributed by atoms with Crippen LogP contribution in [0.1, 0.15) is 12.8 Å². The van der Waals surface area contributed by atoms with Crippen LogP contribution < -0.4 is 21.3 Å². The molecule has 37 heavy (non-hydrogen) atoms. The molecule has 1 N–H and O–H groups in total. The van der Waals surface area contributed by atoms with Gasteiger partial charge >= 0.3 is 231 Å². The summed E-state index contributed by atoms with van der Waals surface area (Å²) >= 11 is 2.69. The molecule has 0 amide bonds. The third-order valence-corrected chi connectivity index (χ3v) is 13.1. The summed E-state index contributed by atoms with van der Waals surface area (Å²) in [5.41, 5.74) is 0.0158. The number of anilines is 2. The summed E-state index contributed by atoms with van der Waals surface area (Å²) in [5.74, 6) is 0. The van der Waals surface area contributed by atoms with E-state index in [4.69, 9.17) is 0 Å². The molecule has 4 aromatic heterocycles. The van der Waals surface area contributed by atoms with Crippen LogP contribution in [0.25, 0.3) is 29.6 Å². The molecule has 0 spiro atoms. The summed E-state index contributed by atoms with van der Waals surface area (Å²) in [6, 6.07) is 15.8. The molecule has 0 aliphatic carbocycles. The van der Waals surface area contributed by atoms with Gasteiger partial charge in [0.1, 0.15) is 0 Å². The van der Waals surface area contributed by atoms with Crippen molar-refractivity contribution in [3.05, 3.63) is 69.2 Å². The second-order valence-electron chi connectivity index (χ2n) is 8.54. The molecule has 6 aromatic rings. The van der Waals surface area contributed by atoms with E-state index in [1.165, 1.54) is 22.7 Å². The van der Waals surface area contributed by atoms with Crippen molar-refractivity contribution in [1.82, 2.24) is 27.5 Å². The molecule has 7 rings (SSSR count). The van der Waals surface area contributed by atoms with E-state index >= 15 is 0 Å². The standard InChI is InChI=1S/C23H18N8O2S2Se2/c32-18-14-5-1-3-7-16(14)36-30(18)22-27-25-20(34-22)24-13-9-11-29(12-10-13)21-26-28-23(35-21)31-19(33)15-6-2-4-8-17(15)37-31/h1-8,13H,9-12H2,(H,24,25). The van der Waals surface area contributed by atoms with Crippen LogP contribution in [-0.4, -0.2) is 76.1 Å². The molecule has 14 heteroatoms. The third-order valence-electron chi connectivity index (χ3n) is 6.24. The molecule has 0 radical (unpaired) electrons. The van der Waals surface area contributed by atoms with Gasteiger partial charge in [0.05, 0.1) is 0 Å². The summed E-state index contributed by atoms with van der Waals surface area (Å²) in [5, 5.41) is 25.3. The van der Waals surface area contributed by atoms with Gasteiger partial charge in [-0.2, -0.15) is 0 Å². The summed E-state index contributed by atoms with van der Waals surface area (Å²) in [7, 11) is 0. The van der Waals surface area contributed by atoms with Crippen LogP contribution in [0, 0.1) is 0 Å². The van der Waals surface area contributed by atoms with Crippen molar-refractivity contribution >= 4 is 81.7 Å². The predicted molar refractivity (Wildman–Crippen MR) is 149 cm³/mol. The maximum atomic E-state index is 12.8. The van der Waals surface area contributed by atoms with Gasteiger partial charge < -0.3 is 0 Å². The monoisotopic (exact) mass is 662 g/mol. The van der Waals surface area contributed by atoms with E-state index in [2.05, 4.69) is 30.6 Å². The number of piperidine rings is 1. The van der Waals surface area contributed by atoms with Crippen molar-refractivity contribution in [3.8, 4) is 10.3 Å². The number of fused-ring (bicyclic) bond motifs is 2. The van der Waals surface area contributed by atoms with Gasteiger partial charge in [-0.25, -0.2) is 0 Å². The predicted octanol–water partition coefficient (Wildman–Crippen LogP) is 2.19. The van der Waals surface area contributed by atoms with Gasteiger partial charge in [-0.1, -0.05) is 0 Å². The van der Waals surface area contributed by atoms with Gasteiger partial charge in [-0.05, 0) is 0 Å². The fourth-order valence-electron chi connectivity index (χ4n) is 4.36. The number of benzene rings is 2. The van der Waals surface area contributed by atoms with E-state index in [9.17, 15) is 9.59 Å². The first-order valence-corrected chi connectivity index (χ1v) is 16.4. The maximum absolute atomic E-state index is 12.8. The van der Waals surface area contributed by atoms with E-state index in [0.29, 0.717) is 10.3 Å². The number of hydrogen-bond acceptors (Lipinski definition) is 10. The first kappa shape index (κ1) is 23.3. The van der Waals surface area contributed by atoms with Gasteiger partial charge in [0.2, 0.25) is 0 Å². The van der Waals surface area contributed by atoms with Crippen LogP contribution in [0.2, 0.25) is 0 Å². The summed E-state index contributed by atoms with van der Waals surface area (Å²) < 4.78 is 5.69. The van der Waals surface area contributed by atoms with Gasteiger partial charge in [-0.3, -0.25) is 0 Å². The Morgan fingerprint density at radius 1 is 0.730 bits per heavy atom. The van der Waals surface area contributed by atoms with Crippen molar-refractivity contribution < 1.29 is 0 Å². The Morgan fingerprint density at radius 2 is 1.27 bits per heavy atom. The molecule has 0 unspecified atom stereocenters. The summed E-state index contributed by atoms with van der Waals surface area (Å²) in [4.78, 5) is 27.8. The van der Waals surface area contributed by atoms with Crippen molar-refractivity contribution in [2.24, 2.45) is 0 Å². The van der Waals surface area contributed by atoms with Gasteiger partial charge in [0.25, 0.3) is 0 Å². The number of hydrogen-bond donors (Lipinski definition) is 1. The van der Waals surface area contributed by atoms with E-state index in [0.717, 1.165) is 55.5 Å². The fraction of sp³-hybridized carbons (Fsp3) is 0.217. The van der Waals surface area contributed by atoms with Crippen LogP contribution in [0.5, 0.6) is 0 Å². The fourth-order valence-corrected chi connectivity index (χ4v) is 10.5. The summed E-state index contributed by atoms with van der Waals surface area (Å²) in [6.45, 7) is 1.67. The summed E-state index contributed by atoms with van der Waals surface area (Å²) in [6.07, 6.45) is 1.83. The number of rotatable bonds is 5. The molecule has 10 nitrogen and oxygen atoms in total. The normalized spacial score (nSPS) is 14.6. The van der Waals surface area contributed by atoms with Crippen molar-refractivity contribution in [1.29, 1.82) is 0 Å². The first-order chi connectivity index (χ1) is 18.1. The molecule has 0 atom stereocenters. The molecular weight excluding hydrogens is 642 g/mol. The van der Waals surface area contributed by atoms with E-state index in [-0.39, 0.29) is 46.6 Å². The van der Waals surface area contributed by atoms with Crippen LogP contribution in [-0.2, 0) is 0 Å². The second-order valence-corrected chi connectivity index (χ2v) is 14.6. The topological polar surface area (TPSA) is 111 Å². The second kappa shape index (κ2) is 9.46. The third kappa shape index (κ3) is 4.23. The molecule has 0 bridgehead atoms. The van der Waals surface area contributed by atoms with Gasteiger partial charge in [-0.15, -0.1) is 0 Å². The van der Waals surface area contributed by atoms with Crippen molar-refractivity contribution in [3.63, 3.8) is 0 Å². The Hall–Kier alpha value is -2.86. The van der Waals surface area contributed by atoms with Crippen molar-refractivity contribution in [2.75, 3.05) is 23.3 Å². The minimum absolute atomic E-state index is 0.00347. The average molecular weight is 661 g/mol. The zero-order valence-electron chi connectivity index (χ0n) is 19.1. The average Bonchev–Trinajstić information content (AvgIpc) is 3.72. The SMILES string of the molecule is O=c1c2ccccc2[se]n1-c1nnc(NC2CCN(c3nnc(-n4[se]c5ccccc5c4=O)s3)CC2)s1. The van der Waals surface area contributed by atoms with Crippen LogP contribution in [0.15, 0.2) is 58.1 Å². The molecular formula is C23H18N8O2S2Se2. The molecule has 1 aliphatic rings. The minimum atomic E-state index is -0.111. The van der Waals surface area contributed by atoms with Gasteiger partial charge in [0.15, 0.2) is 0 Å². The number of nitrogens with one attached hydrogen (secondary N) is 1.